The molecule has 0 atom stereocenters. The van der Waals surface area contributed by atoms with E-state index in [0.717, 1.165) is 0 Å². The number of esters is 2. The lowest BCUT2D eigenvalue weighted by atomic mass is 10.2. The summed E-state index contributed by atoms with van der Waals surface area (Å²) in [6.45, 7) is 1.77. The van der Waals surface area contributed by atoms with Crippen LogP contribution in [-0.4, -0.2) is 18.5 Å². The number of carbonyl (C=O) groups excluding carboxylic acids is 2. The van der Waals surface area contributed by atoms with Crippen molar-refractivity contribution in [1.29, 1.82) is 0 Å². The van der Waals surface area contributed by atoms with Crippen LogP contribution in [0.1, 0.15) is 27.6 Å². The summed E-state index contributed by atoms with van der Waals surface area (Å²) in [5.74, 6) is -1.26. The molecule has 8 heteroatoms. The topological polar surface area (TPSA) is 82.8 Å². The van der Waals surface area contributed by atoms with Gasteiger partial charge in [0.2, 0.25) is 0 Å². The Bertz CT molecular complexity index is 1100. The van der Waals surface area contributed by atoms with Gasteiger partial charge in [0.05, 0.1) is 22.2 Å². The molecule has 1 heterocycles. The van der Waals surface area contributed by atoms with E-state index >= 15 is 0 Å². The molecule has 0 aliphatic rings. The molecular formula is C19H12Cl2O6. The first-order chi connectivity index (χ1) is 12.9. The Morgan fingerprint density at radius 3 is 2.48 bits per heavy atom. The molecule has 0 spiro atoms. The molecule has 0 N–H and O–H groups in total. The normalized spacial score (nSPS) is 10.6. The first-order valence-corrected chi connectivity index (χ1v) is 8.57. The van der Waals surface area contributed by atoms with E-state index in [2.05, 4.69) is 0 Å². The molecule has 3 rings (SSSR count). The minimum atomic E-state index is -0.839. The van der Waals surface area contributed by atoms with Crippen LogP contribution in [0.5, 0.6) is 5.75 Å². The summed E-state index contributed by atoms with van der Waals surface area (Å²) in [6.07, 6.45) is 0. The van der Waals surface area contributed by atoms with Gasteiger partial charge in [0, 0.05) is 11.5 Å². The monoisotopic (exact) mass is 406 g/mol. The molecule has 0 fully saturated rings. The summed E-state index contributed by atoms with van der Waals surface area (Å²) in [5.41, 5.74) is -0.671. The number of hydrogen-bond acceptors (Lipinski definition) is 6. The largest absolute Gasteiger partial charge is 0.462 e. The maximum absolute atomic E-state index is 12.2. The third kappa shape index (κ3) is 4.13. The molecular weight excluding hydrogens is 395 g/mol. The Morgan fingerprint density at radius 1 is 1.00 bits per heavy atom. The fourth-order valence-electron chi connectivity index (χ4n) is 2.30. The summed E-state index contributed by atoms with van der Waals surface area (Å²) in [6, 6.07) is 10.1. The highest BCUT2D eigenvalue weighted by Crippen LogP contribution is 2.25. The van der Waals surface area contributed by atoms with E-state index in [1.165, 1.54) is 36.4 Å². The first-order valence-electron chi connectivity index (χ1n) is 7.81. The number of halogens is 2. The van der Waals surface area contributed by atoms with Crippen molar-refractivity contribution in [3.8, 4) is 5.75 Å². The minimum absolute atomic E-state index is 0.139. The van der Waals surface area contributed by atoms with Crippen LogP contribution in [-0.2, 0) is 4.74 Å². The van der Waals surface area contributed by atoms with Gasteiger partial charge >= 0.3 is 17.6 Å². The molecule has 3 aromatic rings. The molecule has 27 heavy (non-hydrogen) atoms. The van der Waals surface area contributed by atoms with Gasteiger partial charge in [-0.25, -0.2) is 14.4 Å². The van der Waals surface area contributed by atoms with Crippen molar-refractivity contribution in [2.75, 3.05) is 6.61 Å². The Labute approximate surface area is 163 Å². The minimum Gasteiger partial charge on any atom is -0.462 e. The molecule has 0 saturated carbocycles. The van der Waals surface area contributed by atoms with E-state index in [1.54, 1.807) is 13.0 Å². The van der Waals surface area contributed by atoms with E-state index < -0.39 is 17.6 Å². The number of carbonyl (C=O) groups is 2. The van der Waals surface area contributed by atoms with Crippen molar-refractivity contribution in [3.05, 3.63) is 74.1 Å². The zero-order chi connectivity index (χ0) is 19.6. The molecule has 0 amide bonds. The average Bonchev–Trinajstić information content (AvgIpc) is 2.63. The number of benzene rings is 2. The third-order valence-electron chi connectivity index (χ3n) is 3.57. The summed E-state index contributed by atoms with van der Waals surface area (Å²) in [7, 11) is 0. The predicted octanol–water partition coefficient (Wildman–Crippen LogP) is 4.50. The van der Waals surface area contributed by atoms with Crippen molar-refractivity contribution in [1.82, 2.24) is 0 Å². The molecule has 138 valence electrons. The molecule has 0 aliphatic carbocycles. The highest BCUT2D eigenvalue weighted by Gasteiger charge is 2.16. The second-order valence-electron chi connectivity index (χ2n) is 5.39. The SMILES string of the molecule is CCOC(=O)c1cc2ccc(OC(=O)c3ccc(Cl)c(Cl)c3)cc2oc1=O. The van der Waals surface area contributed by atoms with Gasteiger partial charge in [-0.15, -0.1) is 0 Å². The Hall–Kier alpha value is -2.83. The van der Waals surface area contributed by atoms with Crippen molar-refractivity contribution >= 4 is 46.1 Å². The molecule has 6 nitrogen and oxygen atoms in total. The number of ether oxygens (including phenoxy) is 2. The lowest BCUT2D eigenvalue weighted by Gasteiger charge is -2.07. The smallest absolute Gasteiger partial charge is 0.351 e. The van der Waals surface area contributed by atoms with Crippen LogP contribution in [0.15, 0.2) is 51.7 Å². The van der Waals surface area contributed by atoms with Gasteiger partial charge in [0.1, 0.15) is 16.9 Å². The van der Waals surface area contributed by atoms with Crippen LogP contribution in [0, 0.1) is 0 Å². The fourth-order valence-corrected chi connectivity index (χ4v) is 2.59. The number of fused-ring (bicyclic) bond motifs is 1. The van der Waals surface area contributed by atoms with Crippen LogP contribution >= 0.6 is 23.2 Å². The summed E-state index contributed by atoms with van der Waals surface area (Å²) < 4.78 is 15.2. The van der Waals surface area contributed by atoms with Crippen molar-refractivity contribution < 1.29 is 23.5 Å². The highest BCUT2D eigenvalue weighted by atomic mass is 35.5. The first kappa shape index (κ1) is 18.9. The molecule has 2 aromatic carbocycles. The van der Waals surface area contributed by atoms with E-state index in [9.17, 15) is 14.4 Å². The van der Waals surface area contributed by atoms with E-state index in [4.69, 9.17) is 37.1 Å². The van der Waals surface area contributed by atoms with Crippen LogP contribution in [0.3, 0.4) is 0 Å². The highest BCUT2D eigenvalue weighted by molar-refractivity contribution is 6.42. The van der Waals surface area contributed by atoms with E-state index in [0.29, 0.717) is 10.4 Å². The molecule has 1 aromatic heterocycles. The van der Waals surface area contributed by atoms with Crippen molar-refractivity contribution in [2.24, 2.45) is 0 Å². The van der Waals surface area contributed by atoms with Crippen molar-refractivity contribution in [2.45, 2.75) is 6.92 Å². The zero-order valence-electron chi connectivity index (χ0n) is 14.0. The van der Waals surface area contributed by atoms with Crippen LogP contribution < -0.4 is 10.4 Å². The van der Waals surface area contributed by atoms with Gasteiger partial charge in [0.25, 0.3) is 0 Å². The Morgan fingerprint density at radius 2 is 1.78 bits per heavy atom. The predicted molar refractivity (Wildman–Crippen MR) is 99.9 cm³/mol. The standard InChI is InChI=1S/C19H12Cl2O6/c1-2-25-18(23)13-7-10-3-5-12(9-16(10)27-19(13)24)26-17(22)11-4-6-14(20)15(21)8-11/h3-9H,2H2,1H3. The molecule has 0 unspecified atom stereocenters. The second kappa shape index (κ2) is 7.82. The number of hydrogen-bond donors (Lipinski definition) is 0. The lowest BCUT2D eigenvalue weighted by molar-refractivity contribution is 0.0521. The summed E-state index contributed by atoms with van der Waals surface area (Å²) in [4.78, 5) is 35.9. The quantitative estimate of drug-likeness (QED) is 0.360. The van der Waals surface area contributed by atoms with Crippen LogP contribution in [0.25, 0.3) is 11.0 Å². The molecule has 0 bridgehead atoms. The summed E-state index contributed by atoms with van der Waals surface area (Å²) >= 11 is 11.7. The number of rotatable bonds is 4. The van der Waals surface area contributed by atoms with Gasteiger partial charge in [0.15, 0.2) is 0 Å². The molecule has 0 aliphatic heterocycles. The molecule has 0 radical (unpaired) electrons. The Kier molecular flexibility index (Phi) is 5.48. The van der Waals surface area contributed by atoms with Crippen molar-refractivity contribution in [3.63, 3.8) is 0 Å². The van der Waals surface area contributed by atoms with Gasteiger partial charge in [-0.1, -0.05) is 23.2 Å². The summed E-state index contributed by atoms with van der Waals surface area (Å²) in [5, 5.41) is 1.02. The van der Waals surface area contributed by atoms with Crippen LogP contribution in [0.4, 0.5) is 0 Å². The van der Waals surface area contributed by atoms with Crippen LogP contribution in [0.2, 0.25) is 10.0 Å². The van der Waals surface area contributed by atoms with E-state index in [-0.39, 0.29) is 34.1 Å². The maximum atomic E-state index is 12.2. The average molecular weight is 407 g/mol. The van der Waals surface area contributed by atoms with Gasteiger partial charge in [-0.3, -0.25) is 0 Å². The zero-order valence-corrected chi connectivity index (χ0v) is 15.5. The van der Waals surface area contributed by atoms with Gasteiger partial charge < -0.3 is 13.9 Å². The Balaban J connectivity index is 1.89. The fraction of sp³-hybridized carbons (Fsp3) is 0.105. The second-order valence-corrected chi connectivity index (χ2v) is 6.20. The lowest BCUT2D eigenvalue weighted by Crippen LogP contribution is -2.16. The third-order valence-corrected chi connectivity index (χ3v) is 4.31. The maximum Gasteiger partial charge on any atom is 0.351 e. The molecule has 0 saturated heterocycles. The van der Waals surface area contributed by atoms with E-state index in [1.807, 2.05) is 0 Å². The van der Waals surface area contributed by atoms with Gasteiger partial charge in [-0.2, -0.15) is 0 Å². The van der Waals surface area contributed by atoms with Gasteiger partial charge in [-0.05, 0) is 43.3 Å².